The Kier molecular flexibility index (Phi) is 10.8. The number of anilines is 2. The van der Waals surface area contributed by atoms with Crippen LogP contribution in [0.4, 0.5) is 11.4 Å². The summed E-state index contributed by atoms with van der Waals surface area (Å²) in [5.41, 5.74) is 0.606. The van der Waals surface area contributed by atoms with Crippen LogP contribution in [-0.2, 0) is 23.9 Å². The van der Waals surface area contributed by atoms with Gasteiger partial charge in [-0.05, 0) is 97.9 Å². The van der Waals surface area contributed by atoms with Crippen LogP contribution >= 0.6 is 0 Å². The summed E-state index contributed by atoms with van der Waals surface area (Å²) in [6.07, 6.45) is 0. The molecule has 0 spiro atoms. The van der Waals surface area contributed by atoms with Crippen LogP contribution < -0.4 is 20.1 Å². The number of benzene rings is 5. The lowest BCUT2D eigenvalue weighted by atomic mass is 10.1. The average Bonchev–Trinajstić information content (AvgIpc) is 3.43. The molecule has 5 aromatic rings. The quantitative estimate of drug-likeness (QED) is 0.105. The summed E-state index contributed by atoms with van der Waals surface area (Å²) in [5, 5.41) is 5.20. The molecule has 53 heavy (non-hydrogen) atoms. The van der Waals surface area contributed by atoms with E-state index in [0.717, 1.165) is 6.07 Å². The molecular formula is C40H31N3O10. The van der Waals surface area contributed by atoms with Crippen molar-refractivity contribution in [2.24, 2.45) is 0 Å². The Morgan fingerprint density at radius 1 is 0.566 bits per heavy atom. The Balaban J connectivity index is 0.965. The number of carbonyl (C=O) groups is 6. The SMILES string of the molecule is CC(C(=O)OCC(=O)Nc1ccc(Oc2ccccc2)cc1)N1C(=O)c2ccc(C(=O)OCC(=O)Nc3ccc(Oc4ccccc4)cc3)cc2C1=O. The number of imide groups is 1. The summed E-state index contributed by atoms with van der Waals surface area (Å²) in [4.78, 5) is 77.5. The number of ether oxygens (including phenoxy) is 4. The smallest absolute Gasteiger partial charge is 0.338 e. The van der Waals surface area contributed by atoms with E-state index in [2.05, 4.69) is 10.6 Å². The molecule has 0 aliphatic carbocycles. The molecule has 0 aromatic heterocycles. The predicted octanol–water partition coefficient (Wildman–Crippen LogP) is 6.23. The van der Waals surface area contributed by atoms with Crippen molar-refractivity contribution >= 4 is 46.9 Å². The van der Waals surface area contributed by atoms with Crippen molar-refractivity contribution in [3.8, 4) is 23.0 Å². The average molecular weight is 714 g/mol. The minimum atomic E-state index is -1.39. The number of amides is 4. The lowest BCUT2D eigenvalue weighted by Crippen LogP contribution is -2.44. The van der Waals surface area contributed by atoms with Crippen LogP contribution in [0.15, 0.2) is 127 Å². The minimum Gasteiger partial charge on any atom is -0.457 e. The molecule has 1 unspecified atom stereocenters. The van der Waals surface area contributed by atoms with E-state index in [9.17, 15) is 28.8 Å². The molecule has 5 aromatic carbocycles. The summed E-state index contributed by atoms with van der Waals surface area (Å²) in [7, 11) is 0. The van der Waals surface area contributed by atoms with E-state index in [1.807, 2.05) is 48.5 Å². The number of hydrogen-bond donors (Lipinski definition) is 2. The number of rotatable bonds is 13. The second-order valence-corrected chi connectivity index (χ2v) is 11.6. The van der Waals surface area contributed by atoms with Crippen LogP contribution in [0.1, 0.15) is 38.0 Å². The van der Waals surface area contributed by atoms with Crippen LogP contribution in [0, 0.1) is 0 Å². The highest BCUT2D eigenvalue weighted by Crippen LogP contribution is 2.27. The predicted molar refractivity (Wildman–Crippen MR) is 191 cm³/mol. The summed E-state index contributed by atoms with van der Waals surface area (Å²) in [6, 6.07) is 33.8. The van der Waals surface area contributed by atoms with Crippen molar-refractivity contribution in [3.63, 3.8) is 0 Å². The van der Waals surface area contributed by atoms with E-state index in [4.69, 9.17) is 18.9 Å². The summed E-state index contributed by atoms with van der Waals surface area (Å²) < 4.78 is 21.7. The van der Waals surface area contributed by atoms with Gasteiger partial charge in [-0.3, -0.25) is 24.1 Å². The summed E-state index contributed by atoms with van der Waals surface area (Å²) in [5.74, 6) is -2.37. The molecule has 13 nitrogen and oxygen atoms in total. The normalized spacial score (nSPS) is 12.3. The first-order chi connectivity index (χ1) is 25.6. The van der Waals surface area contributed by atoms with Crippen molar-refractivity contribution in [2.45, 2.75) is 13.0 Å². The lowest BCUT2D eigenvalue weighted by Gasteiger charge is -2.20. The monoisotopic (exact) mass is 713 g/mol. The maximum atomic E-state index is 13.2. The number of nitrogens with one attached hydrogen (secondary N) is 2. The number of carbonyl (C=O) groups excluding carboxylic acids is 6. The molecule has 1 aliphatic rings. The first kappa shape index (κ1) is 35.5. The minimum absolute atomic E-state index is 0.0407. The van der Waals surface area contributed by atoms with E-state index in [1.165, 1.54) is 19.1 Å². The Labute approximate surface area is 303 Å². The molecule has 4 amide bonds. The van der Waals surface area contributed by atoms with Crippen LogP contribution in [0.5, 0.6) is 23.0 Å². The van der Waals surface area contributed by atoms with Gasteiger partial charge in [0.05, 0.1) is 16.7 Å². The van der Waals surface area contributed by atoms with E-state index in [1.54, 1.807) is 60.7 Å². The van der Waals surface area contributed by atoms with Gasteiger partial charge in [0.15, 0.2) is 13.2 Å². The molecule has 2 N–H and O–H groups in total. The Bertz CT molecular complexity index is 2160. The standard InChI is InChI=1S/C40H31N3O10/c1-25(39(48)50-23-35(44)41-27-13-17-31(18-14-27)52-29-8-4-2-5-9-29)43-37(46)33-21-12-26(22-34(33)38(43)47)40(49)51-24-36(45)42-28-15-19-32(20-16-28)53-30-10-6-3-7-11-30/h2-22,25H,23-24H2,1H3,(H,41,44)(H,42,45). The van der Waals surface area contributed by atoms with Crippen LogP contribution in [0.2, 0.25) is 0 Å². The largest absolute Gasteiger partial charge is 0.457 e. The van der Waals surface area contributed by atoms with Crippen molar-refractivity contribution in [2.75, 3.05) is 23.8 Å². The highest BCUT2D eigenvalue weighted by molar-refractivity contribution is 6.23. The second kappa shape index (κ2) is 16.2. The van der Waals surface area contributed by atoms with Gasteiger partial charge in [0.1, 0.15) is 29.0 Å². The third kappa shape index (κ3) is 8.91. The zero-order chi connectivity index (χ0) is 37.3. The molecule has 0 saturated heterocycles. The third-order valence-electron chi connectivity index (χ3n) is 7.80. The van der Waals surface area contributed by atoms with E-state index in [-0.39, 0.29) is 16.7 Å². The van der Waals surface area contributed by atoms with Crippen molar-refractivity contribution < 1.29 is 47.7 Å². The van der Waals surface area contributed by atoms with Crippen LogP contribution in [0.25, 0.3) is 0 Å². The lowest BCUT2D eigenvalue weighted by molar-refractivity contribution is -0.150. The molecule has 1 aliphatic heterocycles. The van der Waals surface area contributed by atoms with Gasteiger partial charge in [0.2, 0.25) is 0 Å². The zero-order valence-electron chi connectivity index (χ0n) is 28.1. The highest BCUT2D eigenvalue weighted by Gasteiger charge is 2.42. The van der Waals surface area contributed by atoms with Gasteiger partial charge in [-0.2, -0.15) is 0 Å². The van der Waals surface area contributed by atoms with Crippen molar-refractivity contribution in [1.29, 1.82) is 0 Å². The number of esters is 2. The van der Waals surface area contributed by atoms with E-state index in [0.29, 0.717) is 39.3 Å². The van der Waals surface area contributed by atoms with Gasteiger partial charge in [-0.1, -0.05) is 36.4 Å². The molecular weight excluding hydrogens is 682 g/mol. The van der Waals surface area contributed by atoms with Gasteiger partial charge in [-0.25, -0.2) is 9.59 Å². The fourth-order valence-corrected chi connectivity index (χ4v) is 5.17. The van der Waals surface area contributed by atoms with Gasteiger partial charge >= 0.3 is 11.9 Å². The zero-order valence-corrected chi connectivity index (χ0v) is 28.1. The Hall–Kier alpha value is -7.28. The number of para-hydroxylation sites is 2. The third-order valence-corrected chi connectivity index (χ3v) is 7.80. The number of nitrogens with zero attached hydrogens (tertiary/aromatic N) is 1. The fraction of sp³-hybridized carbons (Fsp3) is 0.100. The molecule has 0 radical (unpaired) electrons. The van der Waals surface area contributed by atoms with Crippen molar-refractivity contribution in [3.05, 3.63) is 144 Å². The first-order valence-corrected chi connectivity index (χ1v) is 16.3. The topological polar surface area (TPSA) is 167 Å². The Morgan fingerprint density at radius 3 is 1.53 bits per heavy atom. The molecule has 13 heteroatoms. The van der Waals surface area contributed by atoms with Crippen LogP contribution in [-0.4, -0.2) is 59.7 Å². The maximum Gasteiger partial charge on any atom is 0.338 e. The number of hydrogen-bond acceptors (Lipinski definition) is 10. The second-order valence-electron chi connectivity index (χ2n) is 11.6. The van der Waals surface area contributed by atoms with Gasteiger partial charge in [0.25, 0.3) is 23.6 Å². The first-order valence-electron chi connectivity index (χ1n) is 16.3. The molecule has 1 heterocycles. The van der Waals surface area contributed by atoms with E-state index >= 15 is 0 Å². The van der Waals surface area contributed by atoms with E-state index < -0.39 is 54.8 Å². The number of fused-ring (bicyclic) bond motifs is 1. The molecule has 0 fully saturated rings. The van der Waals surface area contributed by atoms with Crippen molar-refractivity contribution in [1.82, 2.24) is 4.90 Å². The van der Waals surface area contributed by atoms with Crippen LogP contribution in [0.3, 0.4) is 0 Å². The molecule has 0 bridgehead atoms. The molecule has 6 rings (SSSR count). The highest BCUT2D eigenvalue weighted by atomic mass is 16.5. The van der Waals surface area contributed by atoms with Gasteiger partial charge in [-0.15, -0.1) is 0 Å². The molecule has 0 saturated carbocycles. The Morgan fingerprint density at radius 2 is 1.02 bits per heavy atom. The molecule has 1 atom stereocenters. The van der Waals surface area contributed by atoms with Gasteiger partial charge < -0.3 is 29.6 Å². The maximum absolute atomic E-state index is 13.2. The summed E-state index contributed by atoms with van der Waals surface area (Å²) in [6.45, 7) is -0.0151. The fourth-order valence-electron chi connectivity index (χ4n) is 5.17. The molecule has 266 valence electrons. The summed E-state index contributed by atoms with van der Waals surface area (Å²) >= 11 is 0. The van der Waals surface area contributed by atoms with Gasteiger partial charge in [0, 0.05) is 11.4 Å².